The van der Waals surface area contributed by atoms with E-state index in [1.54, 1.807) is 0 Å². The lowest BCUT2D eigenvalue weighted by atomic mass is 10.3. The number of nitrogens with zero attached hydrogens (tertiary/aromatic N) is 3. The number of rotatable bonds is 4. The molecule has 14 heavy (non-hydrogen) atoms. The third-order valence-electron chi connectivity index (χ3n) is 1.73. The van der Waals surface area contributed by atoms with E-state index in [9.17, 15) is 0 Å². The van der Waals surface area contributed by atoms with Crippen LogP contribution in [0.1, 0.15) is 6.42 Å². The first-order valence-electron chi connectivity index (χ1n) is 4.11. The zero-order valence-corrected chi connectivity index (χ0v) is 8.62. The molecule has 0 amide bonds. The summed E-state index contributed by atoms with van der Waals surface area (Å²) < 4.78 is 0. The van der Waals surface area contributed by atoms with Gasteiger partial charge in [0.1, 0.15) is 11.3 Å². The van der Waals surface area contributed by atoms with Gasteiger partial charge >= 0.3 is 0 Å². The van der Waals surface area contributed by atoms with Crippen molar-refractivity contribution in [3.8, 4) is 0 Å². The molecule has 0 fully saturated rings. The van der Waals surface area contributed by atoms with Gasteiger partial charge in [-0.3, -0.25) is 5.41 Å². The van der Waals surface area contributed by atoms with Crippen molar-refractivity contribution in [3.63, 3.8) is 0 Å². The predicted octanol–water partition coefficient (Wildman–Crippen LogP) is 0.892. The van der Waals surface area contributed by atoms with E-state index in [1.807, 2.05) is 11.9 Å². The molecule has 76 valence electrons. The lowest BCUT2D eigenvalue weighted by molar-refractivity contribution is 0.884. The van der Waals surface area contributed by atoms with Gasteiger partial charge in [0.25, 0.3) is 0 Å². The van der Waals surface area contributed by atoms with E-state index in [0.717, 1.165) is 0 Å². The Bertz CT molecular complexity index is 327. The van der Waals surface area contributed by atoms with Gasteiger partial charge in [-0.1, -0.05) is 11.6 Å². The third kappa shape index (κ3) is 2.85. The molecule has 0 bridgehead atoms. The van der Waals surface area contributed by atoms with E-state index in [2.05, 4.69) is 9.97 Å². The number of nitrogens with one attached hydrogen (secondary N) is 1. The van der Waals surface area contributed by atoms with Crippen molar-refractivity contribution in [2.75, 3.05) is 18.5 Å². The van der Waals surface area contributed by atoms with Gasteiger partial charge in [-0.2, -0.15) is 0 Å². The number of aromatic nitrogens is 2. The highest BCUT2D eigenvalue weighted by Gasteiger charge is 2.06. The Morgan fingerprint density at radius 2 is 2.43 bits per heavy atom. The molecule has 5 nitrogen and oxygen atoms in total. The molecule has 0 atom stereocenters. The van der Waals surface area contributed by atoms with Gasteiger partial charge in [0.15, 0.2) is 5.82 Å². The fourth-order valence-corrected chi connectivity index (χ4v) is 1.23. The summed E-state index contributed by atoms with van der Waals surface area (Å²) >= 11 is 5.88. The Labute approximate surface area is 87.4 Å². The predicted molar refractivity (Wildman–Crippen MR) is 56.8 cm³/mol. The van der Waals surface area contributed by atoms with Gasteiger partial charge in [-0.15, -0.1) is 0 Å². The van der Waals surface area contributed by atoms with E-state index in [1.165, 1.54) is 12.5 Å². The summed E-state index contributed by atoms with van der Waals surface area (Å²) in [7, 11) is 1.84. The normalized spacial score (nSPS) is 9.86. The van der Waals surface area contributed by atoms with Crippen LogP contribution in [0.25, 0.3) is 0 Å². The molecule has 0 spiro atoms. The van der Waals surface area contributed by atoms with E-state index in [0.29, 0.717) is 23.8 Å². The van der Waals surface area contributed by atoms with Crippen LogP contribution in [-0.2, 0) is 0 Å². The summed E-state index contributed by atoms with van der Waals surface area (Å²) in [5.74, 6) is 0.810. The highest BCUT2D eigenvalue weighted by molar-refractivity contribution is 6.32. The summed E-state index contributed by atoms with van der Waals surface area (Å²) in [5.41, 5.74) is 5.25. The van der Waals surface area contributed by atoms with Crippen molar-refractivity contribution in [2.24, 2.45) is 5.73 Å². The molecule has 1 rings (SSSR count). The minimum atomic E-state index is 0.155. The van der Waals surface area contributed by atoms with Crippen LogP contribution in [0.5, 0.6) is 0 Å². The first-order chi connectivity index (χ1) is 6.61. The van der Waals surface area contributed by atoms with Gasteiger partial charge in [-0.05, 0) is 0 Å². The Morgan fingerprint density at radius 1 is 1.71 bits per heavy atom. The molecule has 0 unspecified atom stereocenters. The lowest BCUT2D eigenvalue weighted by Gasteiger charge is -2.18. The summed E-state index contributed by atoms with van der Waals surface area (Å²) in [6.07, 6.45) is 3.47. The fourth-order valence-electron chi connectivity index (χ4n) is 0.981. The van der Waals surface area contributed by atoms with Crippen LogP contribution in [0, 0.1) is 5.41 Å². The van der Waals surface area contributed by atoms with Crippen LogP contribution in [0.3, 0.4) is 0 Å². The van der Waals surface area contributed by atoms with Gasteiger partial charge in [0.2, 0.25) is 0 Å². The van der Waals surface area contributed by atoms with Crippen LogP contribution in [-0.4, -0.2) is 29.4 Å². The second kappa shape index (κ2) is 4.76. The number of hydrogen-bond acceptors (Lipinski definition) is 4. The Kier molecular flexibility index (Phi) is 3.64. The maximum Gasteiger partial charge on any atom is 0.150 e. The van der Waals surface area contributed by atoms with Crippen LogP contribution in [0.15, 0.2) is 12.5 Å². The monoisotopic (exact) mass is 213 g/mol. The van der Waals surface area contributed by atoms with E-state index in [4.69, 9.17) is 22.7 Å². The molecule has 0 aliphatic rings. The molecule has 0 saturated carbocycles. The Hall–Kier alpha value is -1.36. The van der Waals surface area contributed by atoms with Gasteiger partial charge in [-0.25, -0.2) is 9.97 Å². The van der Waals surface area contributed by atoms with E-state index in [-0.39, 0.29) is 5.84 Å². The first-order valence-corrected chi connectivity index (χ1v) is 4.48. The van der Waals surface area contributed by atoms with Crippen LogP contribution in [0.2, 0.25) is 5.02 Å². The van der Waals surface area contributed by atoms with Crippen LogP contribution >= 0.6 is 11.6 Å². The highest BCUT2D eigenvalue weighted by atomic mass is 35.5. The topological polar surface area (TPSA) is 78.9 Å². The number of anilines is 1. The summed E-state index contributed by atoms with van der Waals surface area (Å²) in [6.45, 7) is 0.617. The van der Waals surface area contributed by atoms with Crippen molar-refractivity contribution in [1.82, 2.24) is 9.97 Å². The zero-order valence-electron chi connectivity index (χ0n) is 7.87. The maximum absolute atomic E-state index is 7.09. The number of hydrogen-bond donors (Lipinski definition) is 2. The average molecular weight is 214 g/mol. The summed E-state index contributed by atoms with van der Waals surface area (Å²) in [6, 6.07) is 0. The molecule has 0 radical (unpaired) electrons. The van der Waals surface area contributed by atoms with Gasteiger partial charge in [0.05, 0.1) is 12.0 Å². The van der Waals surface area contributed by atoms with Crippen molar-refractivity contribution in [1.29, 1.82) is 5.41 Å². The number of nitrogens with two attached hydrogens (primary N) is 1. The number of halogens is 1. The zero-order chi connectivity index (χ0) is 10.6. The molecular formula is C8H12ClN5. The molecule has 0 aliphatic heterocycles. The largest absolute Gasteiger partial charge is 0.388 e. The smallest absolute Gasteiger partial charge is 0.150 e. The minimum Gasteiger partial charge on any atom is -0.388 e. The Balaban J connectivity index is 2.65. The summed E-state index contributed by atoms with van der Waals surface area (Å²) in [5, 5.41) is 7.59. The second-order valence-corrected chi connectivity index (χ2v) is 3.30. The van der Waals surface area contributed by atoms with Gasteiger partial charge < -0.3 is 10.6 Å². The Morgan fingerprint density at radius 3 is 3.00 bits per heavy atom. The van der Waals surface area contributed by atoms with E-state index < -0.39 is 0 Å². The molecule has 0 aliphatic carbocycles. The molecule has 1 aromatic heterocycles. The fraction of sp³-hybridized carbons (Fsp3) is 0.375. The first kappa shape index (κ1) is 10.7. The standard InChI is InChI=1S/C8H12ClN5/c1-14(3-2-7(10)11)8-6(9)4-12-5-13-8/h4-5H,2-3H2,1H3,(H3,10,11). The molecule has 1 heterocycles. The average Bonchev–Trinajstić information content (AvgIpc) is 2.15. The minimum absolute atomic E-state index is 0.155. The van der Waals surface area contributed by atoms with Crippen molar-refractivity contribution < 1.29 is 0 Å². The van der Waals surface area contributed by atoms with Crippen LogP contribution in [0.4, 0.5) is 5.82 Å². The molecule has 6 heteroatoms. The number of amidine groups is 1. The van der Waals surface area contributed by atoms with Crippen molar-refractivity contribution in [2.45, 2.75) is 6.42 Å². The molecule has 1 aromatic rings. The van der Waals surface area contributed by atoms with Crippen molar-refractivity contribution >= 4 is 23.3 Å². The molecule has 3 N–H and O–H groups in total. The van der Waals surface area contributed by atoms with Crippen molar-refractivity contribution in [3.05, 3.63) is 17.5 Å². The molecule has 0 saturated heterocycles. The lowest BCUT2D eigenvalue weighted by Crippen LogP contribution is -2.24. The maximum atomic E-state index is 7.09. The highest BCUT2D eigenvalue weighted by Crippen LogP contribution is 2.19. The molecular weight excluding hydrogens is 202 g/mol. The SMILES string of the molecule is CN(CCC(=N)N)c1ncncc1Cl. The van der Waals surface area contributed by atoms with Crippen LogP contribution < -0.4 is 10.6 Å². The quantitative estimate of drug-likeness (QED) is 0.575. The third-order valence-corrected chi connectivity index (χ3v) is 1.99. The second-order valence-electron chi connectivity index (χ2n) is 2.89. The summed E-state index contributed by atoms with van der Waals surface area (Å²) in [4.78, 5) is 9.65. The van der Waals surface area contributed by atoms with E-state index >= 15 is 0 Å². The van der Waals surface area contributed by atoms with Gasteiger partial charge in [0, 0.05) is 20.0 Å². The molecule has 0 aromatic carbocycles.